The molecule has 19 heavy (non-hydrogen) atoms. The summed E-state index contributed by atoms with van der Waals surface area (Å²) in [5, 5.41) is 2.84. The third kappa shape index (κ3) is 4.12. The maximum Gasteiger partial charge on any atom is 0.250 e. The molecule has 0 saturated carbocycles. The van der Waals surface area contributed by atoms with Crippen LogP contribution in [0.15, 0.2) is 30.3 Å². The van der Waals surface area contributed by atoms with Crippen molar-refractivity contribution in [2.45, 2.75) is 12.6 Å². The van der Waals surface area contributed by atoms with Crippen LogP contribution in [0.25, 0.3) is 0 Å². The summed E-state index contributed by atoms with van der Waals surface area (Å²) in [6.45, 7) is 1.90. The average Bonchev–Trinajstić information content (AvgIpc) is 2.46. The second-order valence-electron chi connectivity index (χ2n) is 4.37. The lowest BCUT2D eigenvalue weighted by molar-refractivity contribution is -0.136. The van der Waals surface area contributed by atoms with E-state index in [1.54, 1.807) is 10.6 Å². The number of nitrogens with one attached hydrogen (secondary N) is 1. The van der Waals surface area contributed by atoms with Crippen molar-refractivity contribution in [2.75, 3.05) is 26.0 Å². The lowest BCUT2D eigenvalue weighted by Gasteiger charge is -2.30. The predicted molar refractivity (Wildman–Crippen MR) is 73.7 cm³/mol. The fourth-order valence-electron chi connectivity index (χ4n) is 1.92. The van der Waals surface area contributed by atoms with Gasteiger partial charge in [-0.15, -0.1) is 0 Å². The number of carbonyl (C=O) groups is 1. The minimum atomic E-state index is -1.06. The summed E-state index contributed by atoms with van der Waals surface area (Å²) in [4.78, 5) is 12.0. The molecule has 104 valence electrons. The largest absolute Gasteiger partial charge is 0.366 e. The van der Waals surface area contributed by atoms with Crippen molar-refractivity contribution >= 4 is 16.9 Å². The SMILES string of the molecule is CS(=O)N1CCOC(C(=O)NCc2ccccc2)C1. The Hall–Kier alpha value is -1.24. The van der Waals surface area contributed by atoms with Crippen LogP contribution in [0.1, 0.15) is 5.56 Å². The topological polar surface area (TPSA) is 58.6 Å². The van der Waals surface area contributed by atoms with Gasteiger partial charge in [0.05, 0.1) is 17.6 Å². The number of hydrogen-bond donors (Lipinski definition) is 1. The number of amides is 1. The molecule has 1 amide bonds. The highest BCUT2D eigenvalue weighted by Crippen LogP contribution is 2.07. The van der Waals surface area contributed by atoms with E-state index in [2.05, 4.69) is 5.32 Å². The summed E-state index contributed by atoms with van der Waals surface area (Å²) in [6, 6.07) is 9.70. The standard InChI is InChI=1S/C13H18N2O3S/c1-19(17)15-7-8-18-12(10-15)13(16)14-9-11-5-3-2-4-6-11/h2-6,12H,7-10H2,1H3,(H,14,16). The number of morpholine rings is 1. The van der Waals surface area contributed by atoms with E-state index in [-0.39, 0.29) is 5.91 Å². The number of nitrogens with zero attached hydrogens (tertiary/aromatic N) is 1. The van der Waals surface area contributed by atoms with Crippen molar-refractivity contribution in [1.82, 2.24) is 9.62 Å². The van der Waals surface area contributed by atoms with Crippen molar-refractivity contribution < 1.29 is 13.7 Å². The van der Waals surface area contributed by atoms with E-state index >= 15 is 0 Å². The average molecular weight is 282 g/mol. The molecule has 1 fully saturated rings. The maximum absolute atomic E-state index is 12.0. The molecule has 0 aliphatic carbocycles. The Morgan fingerprint density at radius 3 is 2.89 bits per heavy atom. The van der Waals surface area contributed by atoms with Crippen LogP contribution < -0.4 is 5.32 Å². The molecule has 2 atom stereocenters. The van der Waals surface area contributed by atoms with Crippen LogP contribution in [0, 0.1) is 0 Å². The second-order valence-corrected chi connectivity index (χ2v) is 5.74. The van der Waals surface area contributed by atoms with Gasteiger partial charge in [-0.25, -0.2) is 8.51 Å². The van der Waals surface area contributed by atoms with E-state index in [1.807, 2.05) is 30.3 Å². The molecule has 1 aliphatic heterocycles. The van der Waals surface area contributed by atoms with Gasteiger partial charge in [-0.2, -0.15) is 0 Å². The van der Waals surface area contributed by atoms with E-state index < -0.39 is 17.1 Å². The Balaban J connectivity index is 1.84. The first-order valence-corrected chi connectivity index (χ1v) is 7.70. The molecule has 1 saturated heterocycles. The molecule has 6 heteroatoms. The zero-order valence-electron chi connectivity index (χ0n) is 10.9. The monoisotopic (exact) mass is 282 g/mol. The summed E-state index contributed by atoms with van der Waals surface area (Å²) in [5.74, 6) is -0.154. The van der Waals surface area contributed by atoms with Crippen LogP contribution in [-0.2, 0) is 27.1 Å². The van der Waals surface area contributed by atoms with Gasteiger partial charge in [0.2, 0.25) is 0 Å². The van der Waals surface area contributed by atoms with Gasteiger partial charge in [0, 0.05) is 25.9 Å². The Bertz CT molecular complexity index is 452. The first-order chi connectivity index (χ1) is 9.16. The molecule has 1 aromatic carbocycles. The summed E-state index contributed by atoms with van der Waals surface area (Å²) in [7, 11) is -1.06. The molecule has 2 unspecified atom stereocenters. The van der Waals surface area contributed by atoms with Gasteiger partial charge in [0.1, 0.15) is 6.10 Å². The number of carbonyl (C=O) groups excluding carboxylic acids is 1. The van der Waals surface area contributed by atoms with Gasteiger partial charge in [-0.05, 0) is 5.56 Å². The third-order valence-corrected chi connectivity index (χ3v) is 4.05. The smallest absolute Gasteiger partial charge is 0.250 e. The zero-order chi connectivity index (χ0) is 13.7. The molecule has 1 aromatic rings. The Morgan fingerprint density at radius 2 is 2.21 bits per heavy atom. The fourth-order valence-corrected chi connectivity index (χ4v) is 2.59. The molecule has 0 bridgehead atoms. The Morgan fingerprint density at radius 1 is 1.47 bits per heavy atom. The zero-order valence-corrected chi connectivity index (χ0v) is 11.7. The minimum absolute atomic E-state index is 0.154. The van der Waals surface area contributed by atoms with Crippen molar-refractivity contribution in [2.24, 2.45) is 0 Å². The molecule has 1 N–H and O–H groups in total. The van der Waals surface area contributed by atoms with E-state index in [0.29, 0.717) is 26.2 Å². The molecule has 0 spiro atoms. The van der Waals surface area contributed by atoms with Gasteiger partial charge >= 0.3 is 0 Å². The lowest BCUT2D eigenvalue weighted by atomic mass is 10.2. The molecular formula is C13H18N2O3S. The highest BCUT2D eigenvalue weighted by atomic mass is 32.2. The summed E-state index contributed by atoms with van der Waals surface area (Å²) < 4.78 is 18.6. The molecule has 0 radical (unpaired) electrons. The van der Waals surface area contributed by atoms with Gasteiger partial charge in [0.15, 0.2) is 0 Å². The van der Waals surface area contributed by atoms with Crippen LogP contribution >= 0.6 is 0 Å². The second kappa shape index (κ2) is 6.79. The Labute approximate surface area is 115 Å². The highest BCUT2D eigenvalue weighted by molar-refractivity contribution is 7.81. The van der Waals surface area contributed by atoms with Crippen molar-refractivity contribution in [3.8, 4) is 0 Å². The minimum Gasteiger partial charge on any atom is -0.366 e. The molecular weight excluding hydrogens is 264 g/mol. The normalized spacial score (nSPS) is 21.8. The quantitative estimate of drug-likeness (QED) is 0.864. The number of rotatable bonds is 4. The first kappa shape index (κ1) is 14.2. The van der Waals surface area contributed by atoms with Gasteiger partial charge in [-0.3, -0.25) is 4.79 Å². The molecule has 5 nitrogen and oxygen atoms in total. The van der Waals surface area contributed by atoms with E-state index in [4.69, 9.17) is 4.74 Å². The summed E-state index contributed by atoms with van der Waals surface area (Å²) in [6.07, 6.45) is 1.07. The summed E-state index contributed by atoms with van der Waals surface area (Å²) in [5.41, 5.74) is 1.04. The predicted octanol–water partition coefficient (Wildman–Crippen LogP) is 0.297. The van der Waals surface area contributed by atoms with Crippen molar-refractivity contribution in [3.05, 3.63) is 35.9 Å². The van der Waals surface area contributed by atoms with Crippen molar-refractivity contribution in [3.63, 3.8) is 0 Å². The van der Waals surface area contributed by atoms with Crippen LogP contribution in [0.4, 0.5) is 0 Å². The van der Waals surface area contributed by atoms with E-state index in [0.717, 1.165) is 5.56 Å². The molecule has 2 rings (SSSR count). The number of hydrogen-bond acceptors (Lipinski definition) is 3. The first-order valence-electron chi connectivity index (χ1n) is 6.18. The fraction of sp³-hybridized carbons (Fsp3) is 0.462. The van der Waals surface area contributed by atoms with Crippen LogP contribution in [0.2, 0.25) is 0 Å². The van der Waals surface area contributed by atoms with Crippen molar-refractivity contribution in [1.29, 1.82) is 0 Å². The van der Waals surface area contributed by atoms with E-state index in [1.165, 1.54) is 0 Å². The maximum atomic E-state index is 12.0. The lowest BCUT2D eigenvalue weighted by Crippen LogP contribution is -2.49. The van der Waals surface area contributed by atoms with E-state index in [9.17, 15) is 9.00 Å². The molecule has 0 aromatic heterocycles. The number of benzene rings is 1. The third-order valence-electron chi connectivity index (χ3n) is 2.99. The Kier molecular flexibility index (Phi) is 5.07. The molecule has 1 heterocycles. The van der Waals surface area contributed by atoms with Gasteiger partial charge in [-0.1, -0.05) is 30.3 Å². The van der Waals surface area contributed by atoms with Gasteiger partial charge < -0.3 is 10.1 Å². The van der Waals surface area contributed by atoms with Crippen LogP contribution in [-0.4, -0.2) is 46.5 Å². The van der Waals surface area contributed by atoms with Crippen LogP contribution in [0.3, 0.4) is 0 Å². The summed E-state index contributed by atoms with van der Waals surface area (Å²) >= 11 is 0. The number of ether oxygens (including phenoxy) is 1. The highest BCUT2D eigenvalue weighted by Gasteiger charge is 2.27. The molecule has 1 aliphatic rings. The van der Waals surface area contributed by atoms with Crippen LogP contribution in [0.5, 0.6) is 0 Å². The van der Waals surface area contributed by atoms with Gasteiger partial charge in [0.25, 0.3) is 5.91 Å².